The maximum Gasteiger partial charge on any atom is 0.306 e. The molecule has 1 aliphatic rings. The van der Waals surface area contributed by atoms with Crippen LogP contribution in [0.2, 0.25) is 0 Å². The first-order valence-corrected chi connectivity index (χ1v) is 6.08. The molecule has 1 aromatic heterocycles. The topological polar surface area (TPSA) is 70.8 Å². The second kappa shape index (κ2) is 4.84. The molecular weight excluding hydrogens is 234 g/mol. The van der Waals surface area contributed by atoms with Crippen LogP contribution < -0.4 is 0 Å². The number of hydrogen-bond donors (Lipinski definition) is 1. The van der Waals surface area contributed by atoms with Gasteiger partial charge in [-0.3, -0.25) is 9.59 Å². The van der Waals surface area contributed by atoms with Crippen LogP contribution >= 0.6 is 0 Å². The third-order valence-electron chi connectivity index (χ3n) is 3.58. The zero-order chi connectivity index (χ0) is 13.3. The van der Waals surface area contributed by atoms with Crippen molar-refractivity contribution in [1.82, 2.24) is 4.90 Å². The van der Waals surface area contributed by atoms with Crippen LogP contribution in [0.4, 0.5) is 0 Å². The fourth-order valence-corrected chi connectivity index (χ4v) is 2.46. The zero-order valence-electron chi connectivity index (χ0n) is 10.5. The number of carboxylic acid groups (broad SMARTS) is 1. The summed E-state index contributed by atoms with van der Waals surface area (Å²) in [4.78, 5) is 25.0. The number of furan rings is 1. The number of amides is 1. The number of carbonyl (C=O) groups excluding carboxylic acids is 1. The maximum atomic E-state index is 12.3. The molecule has 1 saturated heterocycles. The van der Waals surface area contributed by atoms with Crippen LogP contribution in [-0.2, 0) is 4.79 Å². The van der Waals surface area contributed by atoms with Crippen molar-refractivity contribution in [3.8, 4) is 0 Å². The van der Waals surface area contributed by atoms with Gasteiger partial charge in [0, 0.05) is 12.6 Å². The summed E-state index contributed by atoms with van der Waals surface area (Å²) < 4.78 is 5.13. The number of nitrogens with zero attached hydrogens (tertiary/aromatic N) is 1. The quantitative estimate of drug-likeness (QED) is 0.871. The van der Waals surface area contributed by atoms with Gasteiger partial charge in [0.15, 0.2) is 0 Å². The van der Waals surface area contributed by atoms with Crippen LogP contribution in [0.5, 0.6) is 0 Å². The van der Waals surface area contributed by atoms with E-state index in [1.165, 1.54) is 6.26 Å². The minimum Gasteiger partial charge on any atom is -0.481 e. The van der Waals surface area contributed by atoms with E-state index in [0.717, 1.165) is 0 Å². The molecule has 2 unspecified atom stereocenters. The number of aryl methyl sites for hydroxylation is 1. The second-order valence-corrected chi connectivity index (χ2v) is 4.80. The fraction of sp³-hybridized carbons (Fsp3) is 0.538. The maximum absolute atomic E-state index is 12.3. The van der Waals surface area contributed by atoms with E-state index in [4.69, 9.17) is 9.52 Å². The normalized spacial score (nSPS) is 24.0. The Balaban J connectivity index is 2.10. The molecule has 1 aliphatic heterocycles. The van der Waals surface area contributed by atoms with E-state index in [-0.39, 0.29) is 17.9 Å². The number of carboxylic acids is 1. The van der Waals surface area contributed by atoms with Gasteiger partial charge in [0.1, 0.15) is 5.76 Å². The molecule has 2 rings (SSSR count). The Bertz CT molecular complexity index is 465. The summed E-state index contributed by atoms with van der Waals surface area (Å²) in [7, 11) is 0. The molecular formula is C13H17NO4. The number of aliphatic carboxylic acids is 1. The van der Waals surface area contributed by atoms with Crippen molar-refractivity contribution in [2.24, 2.45) is 5.92 Å². The van der Waals surface area contributed by atoms with Gasteiger partial charge < -0.3 is 14.4 Å². The van der Waals surface area contributed by atoms with E-state index in [2.05, 4.69) is 0 Å². The molecule has 5 nitrogen and oxygen atoms in total. The molecule has 5 heteroatoms. The number of hydrogen-bond acceptors (Lipinski definition) is 3. The SMILES string of the molecule is Cc1occc1C(=O)N1CCC(C(=O)O)CC1C. The molecule has 0 spiro atoms. The van der Waals surface area contributed by atoms with E-state index in [1.807, 2.05) is 6.92 Å². The van der Waals surface area contributed by atoms with Crippen molar-refractivity contribution in [3.05, 3.63) is 23.7 Å². The first-order chi connectivity index (χ1) is 8.50. The van der Waals surface area contributed by atoms with Crippen LogP contribution in [0.3, 0.4) is 0 Å². The van der Waals surface area contributed by atoms with Crippen molar-refractivity contribution in [3.63, 3.8) is 0 Å². The lowest BCUT2D eigenvalue weighted by molar-refractivity contribution is -0.143. The Kier molecular flexibility index (Phi) is 3.41. The molecule has 18 heavy (non-hydrogen) atoms. The minimum atomic E-state index is -0.770. The first kappa shape index (κ1) is 12.7. The molecule has 0 bridgehead atoms. The Labute approximate surface area is 105 Å². The van der Waals surface area contributed by atoms with E-state index in [0.29, 0.717) is 30.7 Å². The Morgan fingerprint density at radius 3 is 2.72 bits per heavy atom. The summed E-state index contributed by atoms with van der Waals surface area (Å²) in [5.74, 6) is -0.576. The molecule has 98 valence electrons. The number of likely N-dealkylation sites (tertiary alicyclic amines) is 1. The Hall–Kier alpha value is -1.78. The molecule has 0 aromatic carbocycles. The van der Waals surface area contributed by atoms with Gasteiger partial charge in [-0.1, -0.05) is 0 Å². The Morgan fingerprint density at radius 2 is 2.22 bits per heavy atom. The standard InChI is InChI=1S/C13H17NO4/c1-8-7-10(13(16)17)3-5-14(8)12(15)11-4-6-18-9(11)2/h4,6,8,10H,3,5,7H2,1-2H3,(H,16,17). The summed E-state index contributed by atoms with van der Waals surface area (Å²) in [6, 6.07) is 1.61. The van der Waals surface area contributed by atoms with Gasteiger partial charge in [-0.15, -0.1) is 0 Å². The molecule has 0 radical (unpaired) electrons. The first-order valence-electron chi connectivity index (χ1n) is 6.08. The van der Waals surface area contributed by atoms with Gasteiger partial charge >= 0.3 is 5.97 Å². The molecule has 0 saturated carbocycles. The van der Waals surface area contributed by atoms with E-state index in [9.17, 15) is 9.59 Å². The predicted octanol–water partition coefficient (Wildman–Crippen LogP) is 1.91. The summed E-state index contributed by atoms with van der Waals surface area (Å²) in [6.45, 7) is 4.13. The highest BCUT2D eigenvalue weighted by Crippen LogP contribution is 2.25. The van der Waals surface area contributed by atoms with E-state index >= 15 is 0 Å². The smallest absolute Gasteiger partial charge is 0.306 e. The minimum absolute atomic E-state index is 0.0540. The average Bonchev–Trinajstić information content (AvgIpc) is 2.74. The molecule has 1 aromatic rings. The lowest BCUT2D eigenvalue weighted by atomic mass is 9.91. The number of piperidine rings is 1. The van der Waals surface area contributed by atoms with Crippen LogP contribution in [0.1, 0.15) is 35.9 Å². The van der Waals surface area contributed by atoms with Gasteiger partial charge in [-0.2, -0.15) is 0 Å². The average molecular weight is 251 g/mol. The number of rotatable bonds is 2. The molecule has 0 aliphatic carbocycles. The molecule has 1 fully saturated rings. The highest BCUT2D eigenvalue weighted by Gasteiger charge is 2.33. The van der Waals surface area contributed by atoms with E-state index in [1.54, 1.807) is 17.9 Å². The molecule has 2 atom stereocenters. The van der Waals surface area contributed by atoms with Crippen molar-refractivity contribution < 1.29 is 19.1 Å². The third-order valence-corrected chi connectivity index (χ3v) is 3.58. The van der Waals surface area contributed by atoms with E-state index < -0.39 is 5.97 Å². The molecule has 1 N–H and O–H groups in total. The van der Waals surface area contributed by atoms with Gasteiger partial charge in [0.2, 0.25) is 0 Å². The number of carbonyl (C=O) groups is 2. The van der Waals surface area contributed by atoms with Gasteiger partial charge in [-0.25, -0.2) is 0 Å². The second-order valence-electron chi connectivity index (χ2n) is 4.80. The third kappa shape index (κ3) is 2.25. The highest BCUT2D eigenvalue weighted by atomic mass is 16.4. The lowest BCUT2D eigenvalue weighted by Crippen LogP contribution is -2.46. The van der Waals surface area contributed by atoms with Crippen LogP contribution in [0, 0.1) is 12.8 Å². The summed E-state index contributed by atoms with van der Waals surface area (Å²) in [6.07, 6.45) is 2.53. The molecule has 2 heterocycles. The van der Waals surface area contributed by atoms with Crippen LogP contribution in [-0.4, -0.2) is 34.5 Å². The van der Waals surface area contributed by atoms with Gasteiger partial charge in [-0.05, 0) is 32.8 Å². The van der Waals surface area contributed by atoms with Crippen LogP contribution in [0.25, 0.3) is 0 Å². The van der Waals surface area contributed by atoms with Crippen molar-refractivity contribution in [2.75, 3.05) is 6.54 Å². The van der Waals surface area contributed by atoms with Crippen molar-refractivity contribution in [2.45, 2.75) is 32.7 Å². The monoisotopic (exact) mass is 251 g/mol. The zero-order valence-corrected chi connectivity index (χ0v) is 10.5. The lowest BCUT2D eigenvalue weighted by Gasteiger charge is -2.36. The predicted molar refractivity (Wildman–Crippen MR) is 64.3 cm³/mol. The summed E-state index contributed by atoms with van der Waals surface area (Å²) in [5.41, 5.74) is 0.565. The fourth-order valence-electron chi connectivity index (χ4n) is 2.46. The summed E-state index contributed by atoms with van der Waals surface area (Å²) >= 11 is 0. The van der Waals surface area contributed by atoms with Crippen LogP contribution in [0.15, 0.2) is 16.7 Å². The highest BCUT2D eigenvalue weighted by molar-refractivity contribution is 5.95. The van der Waals surface area contributed by atoms with Gasteiger partial charge in [0.25, 0.3) is 5.91 Å². The molecule has 1 amide bonds. The Morgan fingerprint density at radius 1 is 1.50 bits per heavy atom. The largest absolute Gasteiger partial charge is 0.481 e. The van der Waals surface area contributed by atoms with Crippen molar-refractivity contribution in [1.29, 1.82) is 0 Å². The van der Waals surface area contributed by atoms with Gasteiger partial charge in [0.05, 0.1) is 17.7 Å². The van der Waals surface area contributed by atoms with Crippen molar-refractivity contribution >= 4 is 11.9 Å². The summed E-state index contributed by atoms with van der Waals surface area (Å²) in [5, 5.41) is 8.99.